The maximum atomic E-state index is 11.9. The van der Waals surface area contributed by atoms with Crippen molar-refractivity contribution >= 4 is 28.0 Å². The van der Waals surface area contributed by atoms with E-state index in [-0.39, 0.29) is 13.0 Å². The van der Waals surface area contributed by atoms with E-state index >= 15 is 0 Å². The molecule has 0 bridgehead atoms. The van der Waals surface area contributed by atoms with Gasteiger partial charge in [0.2, 0.25) is 0 Å². The number of carbonyl (C=O) groups is 2. The summed E-state index contributed by atoms with van der Waals surface area (Å²) in [6.07, 6.45) is -0.390. The molecular weight excluding hydrogens is 374 g/mol. The number of rotatable bonds is 7. The normalized spacial score (nSPS) is 11.5. The number of alkyl carbamates (subject to hydrolysis) is 1. The Kier molecular flexibility index (Phi) is 6.81. The molecule has 2 rings (SSSR count). The van der Waals surface area contributed by atoms with Gasteiger partial charge in [0.05, 0.1) is 6.42 Å². The van der Waals surface area contributed by atoms with Gasteiger partial charge in [-0.15, -0.1) is 0 Å². The molecule has 5 nitrogen and oxygen atoms in total. The number of amides is 1. The lowest BCUT2D eigenvalue weighted by molar-refractivity contribution is -0.137. The van der Waals surface area contributed by atoms with E-state index in [0.29, 0.717) is 6.42 Å². The number of aliphatic carboxylic acids is 1. The summed E-state index contributed by atoms with van der Waals surface area (Å²) in [4.78, 5) is 23.0. The zero-order chi connectivity index (χ0) is 17.4. The summed E-state index contributed by atoms with van der Waals surface area (Å²) in [7, 11) is 0. The number of halogens is 1. The molecule has 0 radical (unpaired) electrons. The fraction of sp³-hybridized carbons (Fsp3) is 0.222. The van der Waals surface area contributed by atoms with Crippen molar-refractivity contribution in [2.45, 2.75) is 25.5 Å². The van der Waals surface area contributed by atoms with Crippen LogP contribution in [0.2, 0.25) is 0 Å². The zero-order valence-corrected chi connectivity index (χ0v) is 14.5. The Hall–Kier alpha value is -2.34. The SMILES string of the molecule is O=C(O)C[C@H](Cc1cccc(Br)c1)NC(=O)OCc1ccccc1. The third-order valence-corrected chi connectivity index (χ3v) is 3.82. The van der Waals surface area contributed by atoms with E-state index in [1.165, 1.54) is 0 Å². The maximum absolute atomic E-state index is 11.9. The minimum atomic E-state index is -0.974. The largest absolute Gasteiger partial charge is 0.481 e. The van der Waals surface area contributed by atoms with Gasteiger partial charge in [-0.1, -0.05) is 58.4 Å². The fourth-order valence-electron chi connectivity index (χ4n) is 2.26. The Morgan fingerprint density at radius 2 is 1.79 bits per heavy atom. The minimum Gasteiger partial charge on any atom is -0.481 e. The minimum absolute atomic E-state index is 0.142. The predicted octanol–water partition coefficient (Wildman–Crippen LogP) is 3.76. The van der Waals surface area contributed by atoms with Gasteiger partial charge in [-0.3, -0.25) is 4.79 Å². The van der Waals surface area contributed by atoms with Crippen LogP contribution in [0.15, 0.2) is 59.1 Å². The molecule has 0 saturated heterocycles. The van der Waals surface area contributed by atoms with Crippen molar-refractivity contribution in [3.05, 3.63) is 70.2 Å². The summed E-state index contributed by atoms with van der Waals surface area (Å²) in [6.45, 7) is 0.142. The second kappa shape index (κ2) is 9.08. The van der Waals surface area contributed by atoms with Crippen LogP contribution in [0.4, 0.5) is 4.79 Å². The molecular formula is C18H18BrNO4. The highest BCUT2D eigenvalue weighted by Gasteiger charge is 2.17. The first-order valence-corrected chi connectivity index (χ1v) is 8.25. The molecule has 2 N–H and O–H groups in total. The monoisotopic (exact) mass is 391 g/mol. The number of benzene rings is 2. The van der Waals surface area contributed by atoms with Crippen molar-refractivity contribution in [3.8, 4) is 0 Å². The number of hydrogen-bond acceptors (Lipinski definition) is 3. The molecule has 6 heteroatoms. The predicted molar refractivity (Wildman–Crippen MR) is 93.6 cm³/mol. The van der Waals surface area contributed by atoms with Gasteiger partial charge < -0.3 is 15.2 Å². The molecule has 0 spiro atoms. The second-order valence-electron chi connectivity index (χ2n) is 5.33. The quantitative estimate of drug-likeness (QED) is 0.753. The summed E-state index contributed by atoms with van der Waals surface area (Å²) >= 11 is 3.38. The summed E-state index contributed by atoms with van der Waals surface area (Å²) in [5, 5.41) is 11.7. The molecule has 126 valence electrons. The number of carboxylic acid groups (broad SMARTS) is 1. The van der Waals surface area contributed by atoms with Crippen LogP contribution in [-0.2, 0) is 22.6 Å². The lowest BCUT2D eigenvalue weighted by atomic mass is 10.0. The smallest absolute Gasteiger partial charge is 0.407 e. The molecule has 0 aliphatic rings. The molecule has 24 heavy (non-hydrogen) atoms. The molecule has 1 amide bonds. The molecule has 2 aromatic carbocycles. The van der Waals surface area contributed by atoms with Crippen LogP contribution in [-0.4, -0.2) is 23.2 Å². The lowest BCUT2D eigenvalue weighted by Crippen LogP contribution is -2.38. The third-order valence-electron chi connectivity index (χ3n) is 3.33. The maximum Gasteiger partial charge on any atom is 0.407 e. The lowest BCUT2D eigenvalue weighted by Gasteiger charge is -2.17. The molecule has 0 fully saturated rings. The van der Waals surface area contributed by atoms with E-state index in [1.807, 2.05) is 54.6 Å². The van der Waals surface area contributed by atoms with E-state index in [1.54, 1.807) is 0 Å². The molecule has 0 aliphatic carbocycles. The van der Waals surface area contributed by atoms with Gasteiger partial charge in [0.15, 0.2) is 0 Å². The zero-order valence-electron chi connectivity index (χ0n) is 12.9. The Morgan fingerprint density at radius 3 is 2.46 bits per heavy atom. The second-order valence-corrected chi connectivity index (χ2v) is 6.25. The van der Waals surface area contributed by atoms with Crippen molar-refractivity contribution in [2.24, 2.45) is 0 Å². The third kappa shape index (κ3) is 6.42. The van der Waals surface area contributed by atoms with Crippen molar-refractivity contribution < 1.29 is 19.4 Å². The summed E-state index contributed by atoms with van der Waals surface area (Å²) in [6, 6.07) is 16.3. The molecule has 2 aromatic rings. The van der Waals surface area contributed by atoms with Crippen LogP contribution in [0.1, 0.15) is 17.5 Å². The number of ether oxygens (including phenoxy) is 1. The summed E-state index contributed by atoms with van der Waals surface area (Å²) < 4.78 is 6.05. The van der Waals surface area contributed by atoms with Crippen molar-refractivity contribution in [2.75, 3.05) is 0 Å². The van der Waals surface area contributed by atoms with Gasteiger partial charge >= 0.3 is 12.1 Å². The van der Waals surface area contributed by atoms with Gasteiger partial charge in [0, 0.05) is 10.5 Å². The standard InChI is InChI=1S/C18H18BrNO4/c19-15-8-4-7-14(9-15)10-16(11-17(21)22)20-18(23)24-12-13-5-2-1-3-6-13/h1-9,16H,10-12H2,(H,20,23)(H,21,22)/t16-/m0/s1. The molecule has 1 atom stereocenters. The van der Waals surface area contributed by atoms with Crippen molar-refractivity contribution in [1.82, 2.24) is 5.32 Å². The van der Waals surface area contributed by atoms with Crippen molar-refractivity contribution in [3.63, 3.8) is 0 Å². The van der Waals surface area contributed by atoms with Crippen LogP contribution in [0.3, 0.4) is 0 Å². The average molecular weight is 392 g/mol. The topological polar surface area (TPSA) is 75.6 Å². The van der Waals surface area contributed by atoms with Gasteiger partial charge in [-0.05, 0) is 29.7 Å². The first-order chi connectivity index (χ1) is 11.5. The van der Waals surface area contributed by atoms with Crippen LogP contribution in [0.25, 0.3) is 0 Å². The molecule has 0 unspecified atom stereocenters. The first kappa shape index (κ1) is 18.0. The highest BCUT2D eigenvalue weighted by atomic mass is 79.9. The van der Waals surface area contributed by atoms with E-state index in [9.17, 15) is 9.59 Å². The Balaban J connectivity index is 1.92. The van der Waals surface area contributed by atoms with Gasteiger partial charge in [-0.2, -0.15) is 0 Å². The molecule has 0 aliphatic heterocycles. The van der Waals surface area contributed by atoms with E-state index in [4.69, 9.17) is 9.84 Å². The molecule has 0 saturated carbocycles. The fourth-order valence-corrected chi connectivity index (χ4v) is 2.71. The molecule has 0 heterocycles. The molecule has 0 aromatic heterocycles. The summed E-state index contributed by atoms with van der Waals surface area (Å²) in [5.74, 6) is -0.974. The van der Waals surface area contributed by atoms with Crippen LogP contribution >= 0.6 is 15.9 Å². The Labute approximate surface area is 148 Å². The van der Waals surface area contributed by atoms with Crippen molar-refractivity contribution in [1.29, 1.82) is 0 Å². The van der Waals surface area contributed by atoms with Gasteiger partial charge in [0.1, 0.15) is 6.61 Å². The van der Waals surface area contributed by atoms with Crippen LogP contribution < -0.4 is 5.32 Å². The Morgan fingerprint density at radius 1 is 1.08 bits per heavy atom. The number of carboxylic acids is 1. The highest BCUT2D eigenvalue weighted by Crippen LogP contribution is 2.14. The van der Waals surface area contributed by atoms with Crippen LogP contribution in [0.5, 0.6) is 0 Å². The highest BCUT2D eigenvalue weighted by molar-refractivity contribution is 9.10. The van der Waals surface area contributed by atoms with E-state index in [0.717, 1.165) is 15.6 Å². The number of hydrogen-bond donors (Lipinski definition) is 2. The first-order valence-electron chi connectivity index (χ1n) is 7.46. The van der Waals surface area contributed by atoms with Gasteiger partial charge in [-0.25, -0.2) is 4.79 Å². The number of nitrogens with one attached hydrogen (secondary N) is 1. The van der Waals surface area contributed by atoms with E-state index < -0.39 is 18.1 Å². The summed E-state index contributed by atoms with van der Waals surface area (Å²) in [5.41, 5.74) is 1.80. The average Bonchev–Trinajstić information content (AvgIpc) is 2.53. The number of carbonyl (C=O) groups excluding carboxylic acids is 1. The van der Waals surface area contributed by atoms with Crippen LogP contribution in [0, 0.1) is 0 Å². The van der Waals surface area contributed by atoms with Gasteiger partial charge in [0.25, 0.3) is 0 Å². The Bertz CT molecular complexity index is 690. The van der Waals surface area contributed by atoms with E-state index in [2.05, 4.69) is 21.2 Å².